The maximum absolute atomic E-state index is 12.0. The molecule has 1 N–H and O–H groups in total. The van der Waals surface area contributed by atoms with E-state index in [1.54, 1.807) is 12.1 Å². The summed E-state index contributed by atoms with van der Waals surface area (Å²) in [5, 5.41) is 0. The van der Waals surface area contributed by atoms with E-state index in [9.17, 15) is 18.0 Å². The van der Waals surface area contributed by atoms with E-state index in [2.05, 4.69) is 0 Å². The smallest absolute Gasteiger partial charge is 0.278 e. The molecule has 2 rings (SSSR count). The molecule has 1 aliphatic carbocycles. The van der Waals surface area contributed by atoms with Gasteiger partial charge < -0.3 is 0 Å². The Kier molecular flexibility index (Phi) is 2.44. The Morgan fingerprint density at radius 2 is 1.71 bits per heavy atom. The van der Waals surface area contributed by atoms with Gasteiger partial charge in [-0.25, -0.2) is 0 Å². The number of ketones is 2. The average molecular weight is 254 g/mol. The molecule has 0 fully saturated rings. The molecule has 90 valence electrons. The van der Waals surface area contributed by atoms with E-state index in [1.165, 1.54) is 12.1 Å². The molecule has 0 unspecified atom stereocenters. The van der Waals surface area contributed by atoms with Crippen LogP contribution in [0.5, 0.6) is 0 Å². The summed E-state index contributed by atoms with van der Waals surface area (Å²) in [4.78, 5) is 23.8. The van der Waals surface area contributed by atoms with Crippen molar-refractivity contribution in [3.05, 3.63) is 35.4 Å². The molecular weight excluding hydrogens is 244 g/mol. The molecule has 1 aromatic rings. The average Bonchev–Trinajstić information content (AvgIpc) is 2.25. The van der Waals surface area contributed by atoms with Gasteiger partial charge >= 0.3 is 0 Å². The first-order valence-corrected chi connectivity index (χ1v) is 6.35. The quantitative estimate of drug-likeness (QED) is 0.758. The Hall–Kier alpha value is -1.53. The lowest BCUT2D eigenvalue weighted by atomic mass is 9.82. The van der Waals surface area contributed by atoms with Gasteiger partial charge in [-0.15, -0.1) is 0 Å². The summed E-state index contributed by atoms with van der Waals surface area (Å²) in [6, 6.07) is 6.00. The largest absolute Gasteiger partial charge is 0.294 e. The lowest BCUT2D eigenvalue weighted by Crippen LogP contribution is -2.48. The van der Waals surface area contributed by atoms with Crippen molar-refractivity contribution in [1.29, 1.82) is 0 Å². The number of carbonyl (C=O) groups is 2. The van der Waals surface area contributed by atoms with Gasteiger partial charge in [0.05, 0.1) is 0 Å². The highest BCUT2D eigenvalue weighted by Gasteiger charge is 2.51. The van der Waals surface area contributed by atoms with Crippen LogP contribution in [-0.2, 0) is 10.1 Å². The number of hydrogen-bond acceptors (Lipinski definition) is 4. The molecule has 0 radical (unpaired) electrons. The topological polar surface area (TPSA) is 88.5 Å². The second-order valence-electron chi connectivity index (χ2n) is 4.18. The SMILES string of the molecule is C[C@@]1(S(=O)(=O)O)CC(=O)c2ccccc2C1=O. The molecule has 1 aromatic carbocycles. The molecule has 0 saturated carbocycles. The molecule has 17 heavy (non-hydrogen) atoms. The van der Waals surface area contributed by atoms with Gasteiger partial charge in [0.1, 0.15) is 0 Å². The summed E-state index contributed by atoms with van der Waals surface area (Å²) in [6.45, 7) is 1.07. The highest BCUT2D eigenvalue weighted by Crippen LogP contribution is 2.33. The van der Waals surface area contributed by atoms with E-state index >= 15 is 0 Å². The van der Waals surface area contributed by atoms with Gasteiger partial charge in [0.15, 0.2) is 16.3 Å². The predicted octanol–water partition coefficient (Wildman–Crippen LogP) is 1.10. The van der Waals surface area contributed by atoms with Crippen molar-refractivity contribution in [2.45, 2.75) is 18.1 Å². The number of hydrogen-bond donors (Lipinski definition) is 1. The summed E-state index contributed by atoms with van der Waals surface area (Å²) in [5.74, 6) is -1.20. The lowest BCUT2D eigenvalue weighted by Gasteiger charge is -2.29. The van der Waals surface area contributed by atoms with Gasteiger partial charge in [-0.1, -0.05) is 24.3 Å². The molecule has 0 heterocycles. The van der Waals surface area contributed by atoms with E-state index in [1.807, 2.05) is 0 Å². The summed E-state index contributed by atoms with van der Waals surface area (Å²) >= 11 is 0. The molecule has 1 atom stereocenters. The highest BCUT2D eigenvalue weighted by molar-refractivity contribution is 7.88. The molecule has 0 bridgehead atoms. The third-order valence-electron chi connectivity index (χ3n) is 3.02. The zero-order valence-corrected chi connectivity index (χ0v) is 9.82. The Morgan fingerprint density at radius 3 is 2.24 bits per heavy atom. The minimum absolute atomic E-state index is 0.0453. The molecule has 5 nitrogen and oxygen atoms in total. The Bertz CT molecular complexity index is 617. The highest BCUT2D eigenvalue weighted by atomic mass is 32.2. The lowest BCUT2D eigenvalue weighted by molar-refractivity contribution is 0.0846. The Morgan fingerprint density at radius 1 is 1.18 bits per heavy atom. The standard InChI is InChI=1S/C11H10O5S/c1-11(17(14,15)16)6-9(12)7-4-2-3-5-8(7)10(11)13/h2-5H,6H2,1H3,(H,14,15,16)/t11-/m1/s1. The summed E-state index contributed by atoms with van der Waals surface area (Å²) in [6.07, 6.45) is -0.526. The van der Waals surface area contributed by atoms with Gasteiger partial charge in [0.25, 0.3) is 10.1 Å². The number of fused-ring (bicyclic) bond motifs is 1. The van der Waals surface area contributed by atoms with Crippen LogP contribution < -0.4 is 0 Å². The predicted molar refractivity (Wildman–Crippen MR) is 59.7 cm³/mol. The molecule has 6 heteroatoms. The monoisotopic (exact) mass is 254 g/mol. The van der Waals surface area contributed by atoms with Gasteiger partial charge in [-0.3, -0.25) is 14.1 Å². The van der Waals surface area contributed by atoms with Crippen LogP contribution in [0.4, 0.5) is 0 Å². The van der Waals surface area contributed by atoms with E-state index in [4.69, 9.17) is 4.55 Å². The van der Waals surface area contributed by atoms with Crippen molar-refractivity contribution in [3.8, 4) is 0 Å². The molecule has 0 saturated heterocycles. The van der Waals surface area contributed by atoms with Crippen molar-refractivity contribution >= 4 is 21.7 Å². The minimum atomic E-state index is -4.62. The van der Waals surface area contributed by atoms with Crippen molar-refractivity contribution in [1.82, 2.24) is 0 Å². The first-order valence-electron chi connectivity index (χ1n) is 4.91. The number of rotatable bonds is 1. The molecule has 1 aliphatic rings. The van der Waals surface area contributed by atoms with Crippen LogP contribution in [0.2, 0.25) is 0 Å². The fraction of sp³-hybridized carbons (Fsp3) is 0.273. The van der Waals surface area contributed by atoms with Crippen LogP contribution in [0.25, 0.3) is 0 Å². The van der Waals surface area contributed by atoms with E-state index in [-0.39, 0.29) is 11.1 Å². The van der Waals surface area contributed by atoms with Crippen LogP contribution in [0.15, 0.2) is 24.3 Å². The second kappa shape index (κ2) is 3.48. The number of Topliss-reactive ketones (excluding diaryl/α,β-unsaturated/α-hetero) is 2. The molecule has 0 amide bonds. The first-order chi connectivity index (χ1) is 7.77. The number of benzene rings is 1. The van der Waals surface area contributed by atoms with Crippen LogP contribution >= 0.6 is 0 Å². The maximum atomic E-state index is 12.0. The molecule has 0 aromatic heterocycles. The fourth-order valence-corrected chi connectivity index (χ4v) is 2.56. The zero-order chi connectivity index (χ0) is 12.8. The molecule has 0 spiro atoms. The van der Waals surface area contributed by atoms with Gasteiger partial charge in [0, 0.05) is 17.5 Å². The van der Waals surface area contributed by atoms with Crippen LogP contribution in [0.1, 0.15) is 34.1 Å². The van der Waals surface area contributed by atoms with E-state index in [0.29, 0.717) is 0 Å². The Labute approximate surface area is 98.2 Å². The zero-order valence-electron chi connectivity index (χ0n) is 9.00. The van der Waals surface area contributed by atoms with Crippen molar-refractivity contribution in [3.63, 3.8) is 0 Å². The van der Waals surface area contributed by atoms with Crippen molar-refractivity contribution in [2.24, 2.45) is 0 Å². The summed E-state index contributed by atoms with van der Waals surface area (Å²) in [7, 11) is -4.62. The maximum Gasteiger partial charge on any atom is 0.278 e. The van der Waals surface area contributed by atoms with E-state index < -0.39 is 32.9 Å². The van der Waals surface area contributed by atoms with Crippen molar-refractivity contribution < 1.29 is 22.6 Å². The molecular formula is C11H10O5S. The summed E-state index contributed by atoms with van der Waals surface area (Å²) in [5.41, 5.74) is 0.252. The Balaban J connectivity index is 2.70. The third kappa shape index (κ3) is 1.60. The third-order valence-corrected chi connectivity index (χ3v) is 4.49. The normalized spacial score (nSPS) is 24.6. The van der Waals surface area contributed by atoms with Gasteiger partial charge in [-0.2, -0.15) is 8.42 Å². The summed E-state index contributed by atoms with van der Waals surface area (Å²) < 4.78 is 29.6. The van der Waals surface area contributed by atoms with Gasteiger partial charge in [0.2, 0.25) is 0 Å². The number of carbonyl (C=O) groups excluding carboxylic acids is 2. The van der Waals surface area contributed by atoms with Crippen molar-refractivity contribution in [2.75, 3.05) is 0 Å². The van der Waals surface area contributed by atoms with Crippen LogP contribution in [0, 0.1) is 0 Å². The van der Waals surface area contributed by atoms with Crippen LogP contribution in [0.3, 0.4) is 0 Å². The minimum Gasteiger partial charge on any atom is -0.294 e. The molecule has 0 aliphatic heterocycles. The fourth-order valence-electron chi connectivity index (χ4n) is 1.90. The van der Waals surface area contributed by atoms with Crippen LogP contribution in [-0.4, -0.2) is 29.3 Å². The van der Waals surface area contributed by atoms with E-state index in [0.717, 1.165) is 6.92 Å². The van der Waals surface area contributed by atoms with Gasteiger partial charge in [-0.05, 0) is 6.92 Å². The second-order valence-corrected chi connectivity index (χ2v) is 6.03. The first kappa shape index (κ1) is 11.9.